The van der Waals surface area contributed by atoms with Crippen LogP contribution >= 0.6 is 0 Å². The number of rotatable bonds is 6. The fourth-order valence-corrected chi connectivity index (χ4v) is 0.679. The number of hydrogen-bond acceptors (Lipinski definition) is 3. The molecule has 0 fully saturated rings. The largest absolute Gasteiger partial charge is 0.355 e. The third-order valence-electron chi connectivity index (χ3n) is 1.23. The zero-order chi connectivity index (χ0) is 8.53. The molecule has 0 aliphatic heterocycles. The molecule has 0 unspecified atom stereocenters. The van der Waals surface area contributed by atoms with E-state index in [-0.39, 0.29) is 5.91 Å². The lowest BCUT2D eigenvalue weighted by molar-refractivity contribution is -0.118. The van der Waals surface area contributed by atoms with Crippen LogP contribution in [-0.2, 0) is 4.79 Å². The molecule has 0 radical (unpaired) electrons. The van der Waals surface area contributed by atoms with Gasteiger partial charge in [0.25, 0.3) is 0 Å². The molecule has 0 atom stereocenters. The molecule has 0 saturated carbocycles. The smallest absolute Gasteiger partial charge is 0.216 e. The Morgan fingerprint density at radius 3 is 2.64 bits per heavy atom. The molecule has 0 aromatic heterocycles. The van der Waals surface area contributed by atoms with Crippen molar-refractivity contribution in [2.45, 2.75) is 13.3 Å². The van der Waals surface area contributed by atoms with Gasteiger partial charge in [0, 0.05) is 20.0 Å². The molecule has 4 nitrogen and oxygen atoms in total. The van der Waals surface area contributed by atoms with E-state index in [0.29, 0.717) is 13.1 Å². The number of carbonyl (C=O) groups is 1. The summed E-state index contributed by atoms with van der Waals surface area (Å²) in [7, 11) is 0. The monoisotopic (exact) mass is 159 g/mol. The molecule has 0 aromatic rings. The fourth-order valence-electron chi connectivity index (χ4n) is 0.679. The molecule has 4 N–H and O–H groups in total. The average molecular weight is 159 g/mol. The number of hydrogen-bond donors (Lipinski definition) is 3. The Morgan fingerprint density at radius 1 is 1.36 bits per heavy atom. The highest BCUT2D eigenvalue weighted by Crippen LogP contribution is 1.68. The first kappa shape index (κ1) is 10.4. The summed E-state index contributed by atoms with van der Waals surface area (Å²) in [6.07, 6.45) is 0.986. The van der Waals surface area contributed by atoms with Crippen molar-refractivity contribution >= 4 is 5.91 Å². The summed E-state index contributed by atoms with van der Waals surface area (Å²) >= 11 is 0. The maximum atomic E-state index is 10.4. The van der Waals surface area contributed by atoms with E-state index in [1.165, 1.54) is 6.92 Å². The quantitative estimate of drug-likeness (QED) is 0.438. The van der Waals surface area contributed by atoms with Crippen LogP contribution in [0.15, 0.2) is 0 Å². The van der Waals surface area contributed by atoms with Crippen LogP contribution in [0, 0.1) is 0 Å². The molecular weight excluding hydrogens is 142 g/mol. The van der Waals surface area contributed by atoms with E-state index in [0.717, 1.165) is 19.5 Å². The van der Waals surface area contributed by atoms with Crippen LogP contribution in [0.1, 0.15) is 13.3 Å². The predicted octanol–water partition coefficient (Wildman–Crippen LogP) is -0.939. The van der Waals surface area contributed by atoms with Gasteiger partial charge in [0.05, 0.1) is 0 Å². The van der Waals surface area contributed by atoms with Crippen LogP contribution in [0.3, 0.4) is 0 Å². The highest BCUT2D eigenvalue weighted by atomic mass is 16.1. The van der Waals surface area contributed by atoms with Crippen LogP contribution in [0.4, 0.5) is 0 Å². The van der Waals surface area contributed by atoms with Crippen molar-refractivity contribution in [3.8, 4) is 0 Å². The first-order valence-electron chi connectivity index (χ1n) is 3.92. The molecule has 0 rings (SSSR count). The summed E-state index contributed by atoms with van der Waals surface area (Å²) in [5.74, 6) is 0.0191. The van der Waals surface area contributed by atoms with E-state index in [9.17, 15) is 4.79 Å². The SMILES string of the molecule is CC(=O)NCCNCCCN. The number of amides is 1. The highest BCUT2D eigenvalue weighted by Gasteiger charge is 1.88. The van der Waals surface area contributed by atoms with Crippen LogP contribution < -0.4 is 16.4 Å². The second kappa shape index (κ2) is 7.50. The maximum absolute atomic E-state index is 10.4. The lowest BCUT2D eigenvalue weighted by Crippen LogP contribution is -2.31. The second-order valence-corrected chi connectivity index (χ2v) is 2.38. The zero-order valence-corrected chi connectivity index (χ0v) is 7.02. The van der Waals surface area contributed by atoms with E-state index >= 15 is 0 Å². The minimum Gasteiger partial charge on any atom is -0.355 e. The Hall–Kier alpha value is -0.610. The minimum atomic E-state index is 0.0191. The van der Waals surface area contributed by atoms with Crippen molar-refractivity contribution in [3.63, 3.8) is 0 Å². The Labute approximate surface area is 67.5 Å². The molecule has 66 valence electrons. The Kier molecular flexibility index (Phi) is 7.08. The van der Waals surface area contributed by atoms with Gasteiger partial charge < -0.3 is 16.4 Å². The standard InChI is InChI=1S/C7H17N3O/c1-7(11)10-6-5-9-4-2-3-8/h9H,2-6,8H2,1H3,(H,10,11). The normalized spacial score (nSPS) is 9.64. The molecule has 0 spiro atoms. The lowest BCUT2D eigenvalue weighted by atomic mass is 10.4. The van der Waals surface area contributed by atoms with Crippen LogP contribution in [-0.4, -0.2) is 32.1 Å². The highest BCUT2D eigenvalue weighted by molar-refractivity contribution is 5.72. The van der Waals surface area contributed by atoms with Crippen molar-refractivity contribution in [2.75, 3.05) is 26.2 Å². The summed E-state index contributed by atoms with van der Waals surface area (Å²) in [6, 6.07) is 0. The first-order chi connectivity index (χ1) is 5.27. The number of nitrogens with one attached hydrogen (secondary N) is 2. The van der Waals surface area contributed by atoms with E-state index in [1.807, 2.05) is 0 Å². The third kappa shape index (κ3) is 9.39. The summed E-state index contributed by atoms with van der Waals surface area (Å²) in [5, 5.41) is 5.84. The lowest BCUT2D eigenvalue weighted by Gasteiger charge is -2.03. The van der Waals surface area contributed by atoms with Gasteiger partial charge in [-0.25, -0.2) is 0 Å². The molecule has 11 heavy (non-hydrogen) atoms. The Balaban J connectivity index is 2.85. The predicted molar refractivity (Wildman–Crippen MR) is 45.2 cm³/mol. The molecule has 1 amide bonds. The average Bonchev–Trinajstić information content (AvgIpc) is 1.96. The third-order valence-corrected chi connectivity index (χ3v) is 1.23. The van der Waals surface area contributed by atoms with E-state index in [2.05, 4.69) is 10.6 Å². The summed E-state index contributed by atoms with van der Waals surface area (Å²) in [4.78, 5) is 10.4. The van der Waals surface area contributed by atoms with Gasteiger partial charge in [0.2, 0.25) is 5.91 Å². The zero-order valence-electron chi connectivity index (χ0n) is 7.02. The molecule has 0 aliphatic carbocycles. The van der Waals surface area contributed by atoms with E-state index in [4.69, 9.17) is 5.73 Å². The van der Waals surface area contributed by atoms with Crippen molar-refractivity contribution < 1.29 is 4.79 Å². The molecular formula is C7H17N3O. The van der Waals surface area contributed by atoms with Crippen molar-refractivity contribution in [3.05, 3.63) is 0 Å². The Morgan fingerprint density at radius 2 is 2.09 bits per heavy atom. The second-order valence-electron chi connectivity index (χ2n) is 2.38. The molecule has 0 bridgehead atoms. The summed E-state index contributed by atoms with van der Waals surface area (Å²) < 4.78 is 0. The van der Waals surface area contributed by atoms with E-state index < -0.39 is 0 Å². The Bertz CT molecular complexity index is 106. The van der Waals surface area contributed by atoms with Crippen LogP contribution in [0.25, 0.3) is 0 Å². The van der Waals surface area contributed by atoms with Gasteiger partial charge in [0.15, 0.2) is 0 Å². The maximum Gasteiger partial charge on any atom is 0.216 e. The fraction of sp³-hybridized carbons (Fsp3) is 0.857. The summed E-state index contributed by atoms with van der Waals surface area (Å²) in [5.41, 5.74) is 5.28. The van der Waals surface area contributed by atoms with Gasteiger partial charge in [-0.3, -0.25) is 4.79 Å². The van der Waals surface area contributed by atoms with Gasteiger partial charge in [-0.1, -0.05) is 0 Å². The van der Waals surface area contributed by atoms with Crippen molar-refractivity contribution in [2.24, 2.45) is 5.73 Å². The van der Waals surface area contributed by atoms with Crippen LogP contribution in [0.2, 0.25) is 0 Å². The molecule has 0 saturated heterocycles. The van der Waals surface area contributed by atoms with Gasteiger partial charge in [-0.15, -0.1) is 0 Å². The first-order valence-corrected chi connectivity index (χ1v) is 3.92. The molecule has 0 heterocycles. The van der Waals surface area contributed by atoms with Gasteiger partial charge in [-0.05, 0) is 19.5 Å². The summed E-state index contributed by atoms with van der Waals surface area (Å²) in [6.45, 7) is 4.67. The van der Waals surface area contributed by atoms with Crippen LogP contribution in [0.5, 0.6) is 0 Å². The molecule has 4 heteroatoms. The van der Waals surface area contributed by atoms with E-state index in [1.54, 1.807) is 0 Å². The number of nitrogens with two attached hydrogens (primary N) is 1. The van der Waals surface area contributed by atoms with Crippen molar-refractivity contribution in [1.29, 1.82) is 0 Å². The van der Waals surface area contributed by atoms with Crippen molar-refractivity contribution in [1.82, 2.24) is 10.6 Å². The minimum absolute atomic E-state index is 0.0191. The van der Waals surface area contributed by atoms with Gasteiger partial charge in [0.1, 0.15) is 0 Å². The van der Waals surface area contributed by atoms with Gasteiger partial charge in [-0.2, -0.15) is 0 Å². The topological polar surface area (TPSA) is 67.2 Å². The molecule has 0 aliphatic rings. The number of carbonyl (C=O) groups excluding carboxylic acids is 1. The van der Waals surface area contributed by atoms with Gasteiger partial charge >= 0.3 is 0 Å². The molecule has 0 aromatic carbocycles.